The Bertz CT molecular complexity index is 311. The predicted molar refractivity (Wildman–Crippen MR) is 76.8 cm³/mol. The van der Waals surface area contributed by atoms with Crippen LogP contribution in [0.25, 0.3) is 0 Å². The Morgan fingerprint density at radius 2 is 1.85 bits per heavy atom. The first kappa shape index (κ1) is 15.5. The Morgan fingerprint density at radius 1 is 1.25 bits per heavy atom. The Kier molecular flexibility index (Phi) is 5.63. The van der Waals surface area contributed by atoms with Crippen LogP contribution >= 0.6 is 0 Å². The highest BCUT2D eigenvalue weighted by Gasteiger charge is 2.26. The van der Waals surface area contributed by atoms with Crippen molar-refractivity contribution < 1.29 is 14.3 Å². The van der Waals surface area contributed by atoms with E-state index in [9.17, 15) is 4.79 Å². The van der Waals surface area contributed by atoms with Crippen molar-refractivity contribution >= 4 is 6.03 Å². The SMILES string of the molecule is CC1CN(C(=O)NCC(C)N2CCOCC2)CC(C)O1. The summed E-state index contributed by atoms with van der Waals surface area (Å²) in [6, 6.07) is 0.367. The average molecular weight is 285 g/mol. The molecule has 2 aliphatic rings. The summed E-state index contributed by atoms with van der Waals surface area (Å²) < 4.78 is 11.0. The lowest BCUT2D eigenvalue weighted by Gasteiger charge is -2.36. The molecule has 0 radical (unpaired) electrons. The average Bonchev–Trinajstić information content (AvgIpc) is 2.44. The molecule has 2 saturated heterocycles. The molecule has 0 aliphatic carbocycles. The molecule has 116 valence electrons. The fourth-order valence-corrected chi connectivity index (χ4v) is 2.84. The second-order valence-corrected chi connectivity index (χ2v) is 5.85. The maximum absolute atomic E-state index is 12.2. The molecule has 0 bridgehead atoms. The van der Waals surface area contributed by atoms with Crippen LogP contribution in [0.1, 0.15) is 20.8 Å². The largest absolute Gasteiger partial charge is 0.379 e. The standard InChI is InChI=1S/C14H27N3O3/c1-11(16-4-6-19-7-5-16)8-15-14(18)17-9-12(2)20-13(3)10-17/h11-13H,4-10H2,1-3H3,(H,15,18). The molecule has 0 spiro atoms. The van der Waals surface area contributed by atoms with E-state index in [-0.39, 0.29) is 18.2 Å². The maximum atomic E-state index is 12.2. The van der Waals surface area contributed by atoms with Gasteiger partial charge in [0, 0.05) is 38.8 Å². The molecule has 1 N–H and O–H groups in total. The van der Waals surface area contributed by atoms with Gasteiger partial charge in [-0.25, -0.2) is 4.79 Å². The maximum Gasteiger partial charge on any atom is 0.317 e. The molecule has 6 heteroatoms. The molecule has 0 aromatic rings. The molecule has 2 rings (SSSR count). The van der Waals surface area contributed by atoms with E-state index in [0.29, 0.717) is 25.7 Å². The summed E-state index contributed by atoms with van der Waals surface area (Å²) >= 11 is 0. The minimum absolute atomic E-state index is 0.0205. The first-order valence-electron chi connectivity index (χ1n) is 7.56. The van der Waals surface area contributed by atoms with Crippen LogP contribution < -0.4 is 5.32 Å². The van der Waals surface area contributed by atoms with Crippen LogP contribution in [0.3, 0.4) is 0 Å². The van der Waals surface area contributed by atoms with Crippen molar-refractivity contribution in [1.29, 1.82) is 0 Å². The van der Waals surface area contributed by atoms with E-state index in [4.69, 9.17) is 9.47 Å². The van der Waals surface area contributed by atoms with Gasteiger partial charge in [0.2, 0.25) is 0 Å². The fraction of sp³-hybridized carbons (Fsp3) is 0.929. The number of hydrogen-bond acceptors (Lipinski definition) is 4. The number of rotatable bonds is 3. The van der Waals surface area contributed by atoms with Gasteiger partial charge in [-0.1, -0.05) is 0 Å². The van der Waals surface area contributed by atoms with Crippen LogP contribution in [0.15, 0.2) is 0 Å². The van der Waals surface area contributed by atoms with Crippen LogP contribution in [-0.2, 0) is 9.47 Å². The Labute approximate surface area is 121 Å². The van der Waals surface area contributed by atoms with E-state index in [1.807, 2.05) is 18.7 Å². The third-order valence-corrected chi connectivity index (χ3v) is 3.92. The number of nitrogens with zero attached hydrogens (tertiary/aromatic N) is 2. The van der Waals surface area contributed by atoms with Gasteiger partial charge < -0.3 is 19.7 Å². The summed E-state index contributed by atoms with van der Waals surface area (Å²) in [6.07, 6.45) is 0.224. The summed E-state index contributed by atoms with van der Waals surface area (Å²) in [5.41, 5.74) is 0. The zero-order chi connectivity index (χ0) is 14.5. The summed E-state index contributed by atoms with van der Waals surface area (Å²) in [5.74, 6) is 0. The molecule has 3 atom stereocenters. The van der Waals surface area contributed by atoms with Crippen molar-refractivity contribution in [3.05, 3.63) is 0 Å². The molecule has 20 heavy (non-hydrogen) atoms. The zero-order valence-corrected chi connectivity index (χ0v) is 12.8. The normalized spacial score (nSPS) is 30.1. The van der Waals surface area contributed by atoms with E-state index >= 15 is 0 Å². The molecule has 2 fully saturated rings. The van der Waals surface area contributed by atoms with Crippen molar-refractivity contribution in [3.8, 4) is 0 Å². The highest BCUT2D eigenvalue weighted by Crippen LogP contribution is 2.10. The van der Waals surface area contributed by atoms with E-state index < -0.39 is 0 Å². The lowest BCUT2D eigenvalue weighted by Crippen LogP contribution is -2.54. The number of urea groups is 1. The molecular weight excluding hydrogens is 258 g/mol. The molecule has 0 aromatic heterocycles. The van der Waals surface area contributed by atoms with Crippen molar-refractivity contribution in [1.82, 2.24) is 15.1 Å². The topological polar surface area (TPSA) is 54.0 Å². The molecule has 2 aliphatic heterocycles. The van der Waals surface area contributed by atoms with Gasteiger partial charge in [0.25, 0.3) is 0 Å². The third kappa shape index (κ3) is 4.33. The number of nitrogens with one attached hydrogen (secondary N) is 1. The predicted octanol–water partition coefficient (Wildman–Crippen LogP) is 0.526. The zero-order valence-electron chi connectivity index (χ0n) is 12.8. The molecule has 2 heterocycles. The summed E-state index contributed by atoms with van der Waals surface area (Å²) in [7, 11) is 0. The number of morpholine rings is 2. The van der Waals surface area contributed by atoms with E-state index in [1.165, 1.54) is 0 Å². The van der Waals surface area contributed by atoms with Gasteiger partial charge in [0.15, 0.2) is 0 Å². The second-order valence-electron chi connectivity index (χ2n) is 5.85. The van der Waals surface area contributed by atoms with Gasteiger partial charge in [0.05, 0.1) is 25.4 Å². The molecule has 2 amide bonds. The highest BCUT2D eigenvalue weighted by atomic mass is 16.5. The quantitative estimate of drug-likeness (QED) is 0.822. The molecule has 6 nitrogen and oxygen atoms in total. The third-order valence-electron chi connectivity index (χ3n) is 3.92. The van der Waals surface area contributed by atoms with Crippen LogP contribution in [-0.4, -0.2) is 80.0 Å². The Hall–Kier alpha value is -0.850. The monoisotopic (exact) mass is 285 g/mol. The molecule has 0 saturated carbocycles. The second kappa shape index (κ2) is 7.24. The van der Waals surface area contributed by atoms with Gasteiger partial charge in [-0.15, -0.1) is 0 Å². The lowest BCUT2D eigenvalue weighted by molar-refractivity contribution is -0.0547. The number of ether oxygens (including phenoxy) is 2. The number of carbonyl (C=O) groups is 1. The molecule has 3 unspecified atom stereocenters. The van der Waals surface area contributed by atoms with Crippen LogP contribution in [0.4, 0.5) is 4.79 Å². The number of hydrogen-bond donors (Lipinski definition) is 1. The highest BCUT2D eigenvalue weighted by molar-refractivity contribution is 5.74. The summed E-state index contributed by atoms with van der Waals surface area (Å²) in [4.78, 5) is 16.4. The van der Waals surface area contributed by atoms with Crippen molar-refractivity contribution in [3.63, 3.8) is 0 Å². The van der Waals surface area contributed by atoms with Gasteiger partial charge in [-0.05, 0) is 20.8 Å². The van der Waals surface area contributed by atoms with Gasteiger partial charge in [-0.3, -0.25) is 4.90 Å². The molecular formula is C14H27N3O3. The van der Waals surface area contributed by atoms with Crippen molar-refractivity contribution in [2.24, 2.45) is 0 Å². The van der Waals surface area contributed by atoms with E-state index in [1.54, 1.807) is 0 Å². The van der Waals surface area contributed by atoms with Crippen molar-refractivity contribution in [2.75, 3.05) is 45.9 Å². The Morgan fingerprint density at radius 3 is 2.45 bits per heavy atom. The fourth-order valence-electron chi connectivity index (χ4n) is 2.84. The first-order valence-corrected chi connectivity index (χ1v) is 7.56. The van der Waals surface area contributed by atoms with Crippen LogP contribution in [0, 0.1) is 0 Å². The number of carbonyl (C=O) groups excluding carboxylic acids is 1. The van der Waals surface area contributed by atoms with Crippen LogP contribution in [0.2, 0.25) is 0 Å². The lowest BCUT2D eigenvalue weighted by atomic mass is 10.2. The first-order chi connectivity index (χ1) is 9.56. The molecule has 0 aromatic carbocycles. The van der Waals surface area contributed by atoms with Crippen LogP contribution in [0.5, 0.6) is 0 Å². The minimum Gasteiger partial charge on any atom is -0.379 e. The van der Waals surface area contributed by atoms with Gasteiger partial charge in [-0.2, -0.15) is 0 Å². The number of amides is 2. The smallest absolute Gasteiger partial charge is 0.317 e. The van der Waals surface area contributed by atoms with E-state index in [2.05, 4.69) is 17.1 Å². The van der Waals surface area contributed by atoms with Gasteiger partial charge >= 0.3 is 6.03 Å². The summed E-state index contributed by atoms with van der Waals surface area (Å²) in [5, 5.41) is 3.04. The minimum atomic E-state index is 0.0205. The van der Waals surface area contributed by atoms with Gasteiger partial charge in [0.1, 0.15) is 0 Å². The van der Waals surface area contributed by atoms with E-state index in [0.717, 1.165) is 26.3 Å². The summed E-state index contributed by atoms with van der Waals surface area (Å²) in [6.45, 7) is 11.6. The Balaban J connectivity index is 1.73. The van der Waals surface area contributed by atoms with Crippen molar-refractivity contribution in [2.45, 2.75) is 39.0 Å².